The van der Waals surface area contributed by atoms with E-state index in [1.165, 1.54) is 27.8 Å². The second kappa shape index (κ2) is 5.92. The summed E-state index contributed by atoms with van der Waals surface area (Å²) in [5.41, 5.74) is 6.28. The summed E-state index contributed by atoms with van der Waals surface area (Å²) in [6.45, 7) is 4.49. The van der Waals surface area contributed by atoms with E-state index in [1.54, 1.807) is 0 Å². The molecule has 3 rings (SSSR count). The van der Waals surface area contributed by atoms with Gasteiger partial charge in [0.2, 0.25) is 0 Å². The highest BCUT2D eigenvalue weighted by Crippen LogP contribution is 2.36. The first-order valence-corrected chi connectivity index (χ1v) is 7.36. The van der Waals surface area contributed by atoms with E-state index in [-0.39, 0.29) is 0 Å². The Labute approximate surface area is 126 Å². The van der Waals surface area contributed by atoms with Gasteiger partial charge in [0.15, 0.2) is 0 Å². The van der Waals surface area contributed by atoms with Crippen molar-refractivity contribution in [2.75, 3.05) is 0 Å². The third-order valence-corrected chi connectivity index (χ3v) is 3.73. The minimum Gasteiger partial charge on any atom is -0.263 e. The van der Waals surface area contributed by atoms with E-state index in [2.05, 4.69) is 67.4 Å². The van der Waals surface area contributed by atoms with Crippen LogP contribution in [0.25, 0.3) is 22.3 Å². The molecule has 0 fully saturated rings. The van der Waals surface area contributed by atoms with Crippen molar-refractivity contribution in [2.24, 2.45) is 0 Å². The van der Waals surface area contributed by atoms with Gasteiger partial charge in [0, 0.05) is 23.5 Å². The number of hydrogen-bond acceptors (Lipinski definition) is 1. The molecule has 0 spiro atoms. The lowest BCUT2D eigenvalue weighted by Gasteiger charge is -2.18. The predicted molar refractivity (Wildman–Crippen MR) is 89.2 cm³/mol. The Morgan fingerprint density at radius 3 is 1.48 bits per heavy atom. The van der Waals surface area contributed by atoms with Crippen LogP contribution >= 0.6 is 0 Å². The molecule has 1 heteroatoms. The summed E-state index contributed by atoms with van der Waals surface area (Å²) >= 11 is 0. The molecule has 0 aliphatic carbocycles. The maximum absolute atomic E-state index is 4.48. The average molecular weight is 273 g/mol. The Hall–Kier alpha value is -2.41. The zero-order chi connectivity index (χ0) is 14.7. The zero-order valence-electron chi connectivity index (χ0n) is 12.5. The van der Waals surface area contributed by atoms with Crippen molar-refractivity contribution in [3.8, 4) is 22.3 Å². The summed E-state index contributed by atoms with van der Waals surface area (Å²) in [7, 11) is 0. The van der Waals surface area contributed by atoms with Gasteiger partial charge in [-0.05, 0) is 22.6 Å². The van der Waals surface area contributed by atoms with Crippen LogP contribution in [0.5, 0.6) is 0 Å². The summed E-state index contributed by atoms with van der Waals surface area (Å²) in [6, 6.07) is 21.0. The fourth-order valence-corrected chi connectivity index (χ4v) is 2.79. The number of pyridine rings is 1. The first-order chi connectivity index (χ1) is 10.3. The Bertz CT molecular complexity index is 658. The van der Waals surface area contributed by atoms with Crippen LogP contribution in [0.1, 0.15) is 25.3 Å². The summed E-state index contributed by atoms with van der Waals surface area (Å²) in [5.74, 6) is 0.443. The molecule has 0 aliphatic heterocycles. The highest BCUT2D eigenvalue weighted by atomic mass is 14.6. The quantitative estimate of drug-likeness (QED) is 0.610. The largest absolute Gasteiger partial charge is 0.263 e. The normalized spacial score (nSPS) is 10.8. The maximum Gasteiger partial charge on any atom is 0.0349 e. The third kappa shape index (κ3) is 2.73. The predicted octanol–water partition coefficient (Wildman–Crippen LogP) is 5.54. The van der Waals surface area contributed by atoms with Gasteiger partial charge in [0.25, 0.3) is 0 Å². The van der Waals surface area contributed by atoms with Crippen LogP contribution in [-0.4, -0.2) is 4.98 Å². The van der Waals surface area contributed by atoms with Crippen molar-refractivity contribution in [3.63, 3.8) is 0 Å². The van der Waals surface area contributed by atoms with Crippen LogP contribution in [0, 0.1) is 0 Å². The molecule has 3 aromatic rings. The van der Waals surface area contributed by atoms with Crippen molar-refractivity contribution >= 4 is 0 Å². The van der Waals surface area contributed by atoms with Crippen LogP contribution in [0.2, 0.25) is 0 Å². The molecule has 104 valence electrons. The number of nitrogens with zero attached hydrogens (tertiary/aromatic N) is 1. The SMILES string of the molecule is CC(C)c1c(-c2ccccc2)cncc1-c1ccccc1. The molecule has 0 bridgehead atoms. The van der Waals surface area contributed by atoms with Gasteiger partial charge in [-0.1, -0.05) is 74.5 Å². The van der Waals surface area contributed by atoms with Crippen LogP contribution in [0.3, 0.4) is 0 Å². The molecule has 21 heavy (non-hydrogen) atoms. The summed E-state index contributed by atoms with van der Waals surface area (Å²) in [4.78, 5) is 4.48. The second-order valence-electron chi connectivity index (χ2n) is 5.54. The highest BCUT2D eigenvalue weighted by molar-refractivity contribution is 5.78. The van der Waals surface area contributed by atoms with Gasteiger partial charge in [-0.15, -0.1) is 0 Å². The van der Waals surface area contributed by atoms with Gasteiger partial charge in [0.1, 0.15) is 0 Å². The highest BCUT2D eigenvalue weighted by Gasteiger charge is 2.15. The molecule has 1 heterocycles. The van der Waals surface area contributed by atoms with Gasteiger partial charge in [-0.3, -0.25) is 4.98 Å². The van der Waals surface area contributed by atoms with E-state index in [4.69, 9.17) is 0 Å². The molecular formula is C20H19N. The first kappa shape index (κ1) is 13.6. The molecule has 0 unspecified atom stereocenters. The van der Waals surface area contributed by atoms with Crippen LogP contribution in [-0.2, 0) is 0 Å². The van der Waals surface area contributed by atoms with Crippen molar-refractivity contribution in [1.82, 2.24) is 4.98 Å². The molecule has 2 aromatic carbocycles. The van der Waals surface area contributed by atoms with E-state index in [9.17, 15) is 0 Å². The monoisotopic (exact) mass is 273 g/mol. The smallest absolute Gasteiger partial charge is 0.0349 e. The number of hydrogen-bond donors (Lipinski definition) is 0. The van der Waals surface area contributed by atoms with Crippen LogP contribution < -0.4 is 0 Å². The minimum absolute atomic E-state index is 0.443. The summed E-state index contributed by atoms with van der Waals surface area (Å²) < 4.78 is 0. The van der Waals surface area contributed by atoms with Crippen LogP contribution in [0.4, 0.5) is 0 Å². The Morgan fingerprint density at radius 2 is 1.10 bits per heavy atom. The van der Waals surface area contributed by atoms with E-state index >= 15 is 0 Å². The molecule has 0 amide bonds. The fraction of sp³-hybridized carbons (Fsp3) is 0.150. The lowest BCUT2D eigenvalue weighted by atomic mass is 9.88. The molecule has 1 aromatic heterocycles. The van der Waals surface area contributed by atoms with E-state index in [0.717, 1.165) is 0 Å². The number of rotatable bonds is 3. The number of benzene rings is 2. The summed E-state index contributed by atoms with van der Waals surface area (Å²) in [5, 5.41) is 0. The van der Waals surface area contributed by atoms with Gasteiger partial charge in [0.05, 0.1) is 0 Å². The first-order valence-electron chi connectivity index (χ1n) is 7.36. The van der Waals surface area contributed by atoms with Crippen LogP contribution in [0.15, 0.2) is 73.1 Å². The molecule has 0 saturated heterocycles. The van der Waals surface area contributed by atoms with E-state index in [0.29, 0.717) is 5.92 Å². The Morgan fingerprint density at radius 1 is 0.667 bits per heavy atom. The van der Waals surface area contributed by atoms with Crippen molar-refractivity contribution in [1.29, 1.82) is 0 Å². The standard InChI is InChI=1S/C20H19N/c1-15(2)20-18(16-9-5-3-6-10-16)13-21-14-19(20)17-11-7-4-8-12-17/h3-15H,1-2H3. The molecule has 1 nitrogen and oxygen atoms in total. The van der Waals surface area contributed by atoms with E-state index < -0.39 is 0 Å². The van der Waals surface area contributed by atoms with E-state index in [1.807, 2.05) is 24.5 Å². The average Bonchev–Trinajstić information content (AvgIpc) is 2.55. The Kier molecular flexibility index (Phi) is 3.83. The minimum atomic E-state index is 0.443. The van der Waals surface area contributed by atoms with Gasteiger partial charge in [-0.2, -0.15) is 0 Å². The van der Waals surface area contributed by atoms with Gasteiger partial charge >= 0.3 is 0 Å². The maximum atomic E-state index is 4.48. The second-order valence-corrected chi connectivity index (χ2v) is 5.54. The van der Waals surface area contributed by atoms with Crippen molar-refractivity contribution in [3.05, 3.63) is 78.6 Å². The van der Waals surface area contributed by atoms with Gasteiger partial charge in [-0.25, -0.2) is 0 Å². The zero-order valence-corrected chi connectivity index (χ0v) is 12.5. The lowest BCUT2D eigenvalue weighted by molar-refractivity contribution is 0.868. The molecule has 0 aliphatic rings. The third-order valence-electron chi connectivity index (χ3n) is 3.73. The summed E-state index contributed by atoms with van der Waals surface area (Å²) in [6.07, 6.45) is 3.97. The molecule has 0 radical (unpaired) electrons. The van der Waals surface area contributed by atoms with Gasteiger partial charge < -0.3 is 0 Å². The molecule has 0 saturated carbocycles. The Balaban J connectivity index is 2.24. The molecular weight excluding hydrogens is 254 g/mol. The topological polar surface area (TPSA) is 12.9 Å². The number of aromatic nitrogens is 1. The molecule has 0 N–H and O–H groups in total. The van der Waals surface area contributed by atoms with Crippen molar-refractivity contribution < 1.29 is 0 Å². The molecule has 0 atom stereocenters. The van der Waals surface area contributed by atoms with Crippen molar-refractivity contribution in [2.45, 2.75) is 19.8 Å². The fourth-order valence-electron chi connectivity index (χ4n) is 2.79. The lowest BCUT2D eigenvalue weighted by Crippen LogP contribution is -1.98.